The summed E-state index contributed by atoms with van der Waals surface area (Å²) in [4.78, 5) is 38.0. The third-order valence-corrected chi connectivity index (χ3v) is 5.09. The van der Waals surface area contributed by atoms with Crippen LogP contribution >= 0.6 is 0 Å². The molecule has 0 aromatic heterocycles. The Morgan fingerprint density at radius 1 is 1.28 bits per heavy atom. The number of unbranched alkanes of at least 4 members (excludes halogenated alkanes) is 1. The first-order valence-electron chi connectivity index (χ1n) is 9.33. The summed E-state index contributed by atoms with van der Waals surface area (Å²) in [5.41, 5.74) is -1.37. The Bertz CT molecular complexity index is 973. The number of hydrogen-bond acceptors (Lipinski definition) is 6. The summed E-state index contributed by atoms with van der Waals surface area (Å²) in [7, 11) is 1.30. The third-order valence-electron chi connectivity index (χ3n) is 5.09. The lowest BCUT2D eigenvalue weighted by atomic mass is 9.88. The maximum absolute atomic E-state index is 13.0. The zero-order valence-electron chi connectivity index (χ0n) is 16.3. The summed E-state index contributed by atoms with van der Waals surface area (Å²) in [6, 6.07) is 10.6. The SMILES string of the molecule is CCCCN1C(=O)[C@@](O)(CC(=O)c2ccc(OC)c([N+](=O)[O-])c2)c2ccccc21. The largest absolute Gasteiger partial charge is 0.490 e. The molecule has 0 fully saturated rings. The fourth-order valence-electron chi connectivity index (χ4n) is 3.56. The summed E-state index contributed by atoms with van der Waals surface area (Å²) in [5, 5.41) is 22.4. The first-order valence-corrected chi connectivity index (χ1v) is 9.33. The molecule has 2 aromatic rings. The van der Waals surface area contributed by atoms with Crippen molar-refractivity contribution >= 4 is 23.1 Å². The molecule has 1 N–H and O–H groups in total. The highest BCUT2D eigenvalue weighted by atomic mass is 16.6. The van der Waals surface area contributed by atoms with E-state index in [1.54, 1.807) is 24.3 Å². The lowest BCUT2D eigenvalue weighted by Crippen LogP contribution is -2.42. The fourth-order valence-corrected chi connectivity index (χ4v) is 3.56. The van der Waals surface area contributed by atoms with Crippen LogP contribution in [0.15, 0.2) is 42.5 Å². The van der Waals surface area contributed by atoms with E-state index in [-0.39, 0.29) is 17.0 Å². The first-order chi connectivity index (χ1) is 13.8. The van der Waals surface area contributed by atoms with E-state index in [2.05, 4.69) is 0 Å². The van der Waals surface area contributed by atoms with Crippen molar-refractivity contribution in [2.45, 2.75) is 31.8 Å². The molecule has 8 heteroatoms. The van der Waals surface area contributed by atoms with Crippen molar-refractivity contribution < 1.29 is 24.4 Å². The number of carbonyl (C=O) groups is 2. The molecule has 1 aliphatic heterocycles. The highest BCUT2D eigenvalue weighted by Gasteiger charge is 2.50. The highest BCUT2D eigenvalue weighted by Crippen LogP contribution is 2.43. The lowest BCUT2D eigenvalue weighted by Gasteiger charge is -2.22. The molecule has 0 aliphatic carbocycles. The van der Waals surface area contributed by atoms with Crippen LogP contribution in [-0.4, -0.2) is 35.4 Å². The van der Waals surface area contributed by atoms with Gasteiger partial charge in [-0.2, -0.15) is 0 Å². The number of ether oxygens (including phenoxy) is 1. The van der Waals surface area contributed by atoms with E-state index in [1.165, 1.54) is 24.1 Å². The Kier molecular flexibility index (Phi) is 5.65. The zero-order chi connectivity index (χ0) is 21.2. The molecular weight excluding hydrogens is 376 g/mol. The normalized spacial score (nSPS) is 17.9. The minimum atomic E-state index is -2.00. The Labute approximate surface area is 167 Å². The van der Waals surface area contributed by atoms with Gasteiger partial charge in [-0.05, 0) is 24.6 Å². The number of benzene rings is 2. The topological polar surface area (TPSA) is 110 Å². The summed E-state index contributed by atoms with van der Waals surface area (Å²) in [6.07, 6.45) is 1.13. The number of anilines is 1. The van der Waals surface area contributed by atoms with E-state index >= 15 is 0 Å². The molecule has 0 saturated heterocycles. The van der Waals surface area contributed by atoms with Crippen molar-refractivity contribution in [2.24, 2.45) is 0 Å². The van der Waals surface area contributed by atoms with Gasteiger partial charge in [0, 0.05) is 23.7 Å². The number of ketones is 1. The zero-order valence-corrected chi connectivity index (χ0v) is 16.3. The van der Waals surface area contributed by atoms with Gasteiger partial charge in [-0.15, -0.1) is 0 Å². The number of nitro groups is 1. The van der Waals surface area contributed by atoms with Gasteiger partial charge in [0.2, 0.25) is 0 Å². The Morgan fingerprint density at radius 3 is 2.66 bits per heavy atom. The van der Waals surface area contributed by atoms with Crippen molar-refractivity contribution in [3.63, 3.8) is 0 Å². The van der Waals surface area contributed by atoms with E-state index in [9.17, 15) is 24.8 Å². The molecule has 0 radical (unpaired) electrons. The number of methoxy groups -OCH3 is 1. The van der Waals surface area contributed by atoms with Gasteiger partial charge < -0.3 is 14.7 Å². The second-order valence-electron chi connectivity index (χ2n) is 6.93. The molecule has 1 amide bonds. The molecule has 0 bridgehead atoms. The average Bonchev–Trinajstić information content (AvgIpc) is 2.93. The number of para-hydroxylation sites is 1. The van der Waals surface area contributed by atoms with Crippen LogP contribution in [0.25, 0.3) is 0 Å². The van der Waals surface area contributed by atoms with Crippen LogP contribution in [0.1, 0.15) is 42.1 Å². The smallest absolute Gasteiger partial charge is 0.311 e. The van der Waals surface area contributed by atoms with Gasteiger partial charge in [0.25, 0.3) is 5.91 Å². The molecule has 0 saturated carbocycles. The maximum atomic E-state index is 13.0. The molecule has 0 unspecified atom stereocenters. The molecule has 152 valence electrons. The van der Waals surface area contributed by atoms with Crippen LogP contribution in [0.2, 0.25) is 0 Å². The Morgan fingerprint density at radius 2 is 2.00 bits per heavy atom. The van der Waals surface area contributed by atoms with Crippen LogP contribution in [0, 0.1) is 10.1 Å². The second-order valence-corrected chi connectivity index (χ2v) is 6.93. The molecular formula is C21H22N2O6. The van der Waals surface area contributed by atoms with Gasteiger partial charge in [0.1, 0.15) is 0 Å². The summed E-state index contributed by atoms with van der Waals surface area (Å²) in [5.74, 6) is -1.10. The van der Waals surface area contributed by atoms with Crippen molar-refractivity contribution in [2.75, 3.05) is 18.6 Å². The average molecular weight is 398 g/mol. The summed E-state index contributed by atoms with van der Waals surface area (Å²) >= 11 is 0. The minimum absolute atomic E-state index is 0.0262. The number of rotatable bonds is 8. The van der Waals surface area contributed by atoms with Gasteiger partial charge in [0.15, 0.2) is 17.1 Å². The van der Waals surface area contributed by atoms with Crippen molar-refractivity contribution in [3.8, 4) is 5.75 Å². The number of nitrogens with zero attached hydrogens (tertiary/aromatic N) is 2. The molecule has 29 heavy (non-hydrogen) atoms. The molecule has 1 atom stereocenters. The van der Waals surface area contributed by atoms with E-state index in [1.807, 2.05) is 6.92 Å². The van der Waals surface area contributed by atoms with Crippen molar-refractivity contribution in [1.82, 2.24) is 0 Å². The molecule has 3 rings (SSSR count). The van der Waals surface area contributed by atoms with E-state index in [0.717, 1.165) is 18.9 Å². The molecule has 8 nitrogen and oxygen atoms in total. The van der Waals surface area contributed by atoms with Crippen LogP contribution in [0.4, 0.5) is 11.4 Å². The first kappa shape index (κ1) is 20.5. The van der Waals surface area contributed by atoms with E-state index in [4.69, 9.17) is 4.74 Å². The molecule has 1 aliphatic rings. The van der Waals surface area contributed by atoms with E-state index < -0.39 is 28.6 Å². The number of nitro benzene ring substituents is 1. The number of carbonyl (C=O) groups excluding carboxylic acids is 2. The standard InChI is InChI=1S/C21H22N2O6/c1-3-4-11-22-16-8-6-5-7-15(16)21(26,20(22)25)13-18(24)14-9-10-19(29-2)17(12-14)23(27)28/h5-10,12,26H,3-4,11,13H2,1-2H3/t21-/m1/s1. The quantitative estimate of drug-likeness (QED) is 0.415. The molecule has 1 heterocycles. The minimum Gasteiger partial charge on any atom is -0.490 e. The highest BCUT2D eigenvalue weighted by molar-refractivity contribution is 6.10. The van der Waals surface area contributed by atoms with Crippen molar-refractivity contribution in [3.05, 3.63) is 63.7 Å². The van der Waals surface area contributed by atoms with Crippen LogP contribution < -0.4 is 9.64 Å². The van der Waals surface area contributed by atoms with E-state index in [0.29, 0.717) is 17.8 Å². The third kappa shape index (κ3) is 3.58. The Hall–Kier alpha value is -3.26. The van der Waals surface area contributed by atoms with Gasteiger partial charge in [-0.25, -0.2) is 0 Å². The fraction of sp³-hybridized carbons (Fsp3) is 0.333. The van der Waals surface area contributed by atoms with Crippen molar-refractivity contribution in [1.29, 1.82) is 0 Å². The van der Waals surface area contributed by atoms with Gasteiger partial charge in [-0.1, -0.05) is 31.5 Å². The van der Waals surface area contributed by atoms with Crippen LogP contribution in [-0.2, 0) is 10.4 Å². The Balaban J connectivity index is 1.95. The predicted octanol–water partition coefficient (Wildman–Crippen LogP) is 3.21. The molecule has 2 aromatic carbocycles. The predicted molar refractivity (Wildman–Crippen MR) is 106 cm³/mol. The number of aliphatic hydroxyl groups is 1. The lowest BCUT2D eigenvalue weighted by molar-refractivity contribution is -0.385. The monoisotopic (exact) mass is 398 g/mol. The summed E-state index contributed by atoms with van der Waals surface area (Å²) in [6.45, 7) is 2.44. The molecule has 0 spiro atoms. The van der Waals surface area contributed by atoms with Gasteiger partial charge in [0.05, 0.1) is 24.1 Å². The number of hydrogen-bond donors (Lipinski definition) is 1. The number of fused-ring (bicyclic) bond motifs is 1. The number of Topliss-reactive ketones (excluding diaryl/α,β-unsaturated/α-hetero) is 1. The van der Waals surface area contributed by atoms with Crippen LogP contribution in [0.3, 0.4) is 0 Å². The van der Waals surface area contributed by atoms with Gasteiger partial charge in [-0.3, -0.25) is 19.7 Å². The maximum Gasteiger partial charge on any atom is 0.311 e. The van der Waals surface area contributed by atoms with Crippen LogP contribution in [0.5, 0.6) is 5.75 Å². The van der Waals surface area contributed by atoms with Gasteiger partial charge >= 0.3 is 5.69 Å². The number of amides is 1. The summed E-state index contributed by atoms with van der Waals surface area (Å²) < 4.78 is 4.95. The second kappa shape index (κ2) is 8.00.